The molecule has 1 heterocycles. The van der Waals surface area contributed by atoms with Crippen LogP contribution in [0.4, 0.5) is 0 Å². The largest absolute Gasteiger partial charge is 0.497 e. The van der Waals surface area contributed by atoms with Crippen LogP contribution in [0.3, 0.4) is 0 Å². The quantitative estimate of drug-likeness (QED) is 0.361. The van der Waals surface area contributed by atoms with Gasteiger partial charge >= 0.3 is 10.2 Å². The molecule has 1 amide bonds. The summed E-state index contributed by atoms with van der Waals surface area (Å²) in [6.45, 7) is 0.846. The second kappa shape index (κ2) is 10.4. The molecular weight excluding hydrogens is 554 g/mol. The molecule has 0 aliphatic heterocycles. The average Bonchev–Trinajstić information content (AvgIpc) is 3.56. The van der Waals surface area contributed by atoms with Gasteiger partial charge in [0.1, 0.15) is 5.75 Å². The van der Waals surface area contributed by atoms with Gasteiger partial charge in [0.2, 0.25) is 0 Å². The van der Waals surface area contributed by atoms with Crippen molar-refractivity contribution in [3.8, 4) is 5.75 Å². The van der Waals surface area contributed by atoms with E-state index in [0.717, 1.165) is 33.0 Å². The molecule has 2 aromatic carbocycles. The third-order valence-corrected chi connectivity index (χ3v) is 10.0. The molecule has 0 saturated heterocycles. The number of aromatic nitrogens is 1. The average molecular weight is 589 g/mol. The summed E-state index contributed by atoms with van der Waals surface area (Å²) in [6.07, 6.45) is 9.53. The zero-order valence-corrected chi connectivity index (χ0v) is 23.9. The Bertz CT molecular complexity index is 1430. The van der Waals surface area contributed by atoms with Crippen LogP contribution in [-0.2, 0) is 16.8 Å². The van der Waals surface area contributed by atoms with Crippen molar-refractivity contribution in [1.29, 1.82) is 0 Å². The number of rotatable bonds is 8. The highest BCUT2D eigenvalue weighted by atomic mass is 79.9. The number of hydrogen-bond donors (Lipinski definition) is 1. The van der Waals surface area contributed by atoms with E-state index in [1.54, 1.807) is 13.2 Å². The van der Waals surface area contributed by atoms with E-state index >= 15 is 0 Å². The molecule has 0 radical (unpaired) electrons. The van der Waals surface area contributed by atoms with Gasteiger partial charge in [-0.1, -0.05) is 41.3 Å². The third kappa shape index (κ3) is 5.45. The molecule has 1 unspecified atom stereocenters. The first kappa shape index (κ1) is 26.3. The molecule has 1 N–H and O–H groups in total. The Labute approximate surface area is 227 Å². The van der Waals surface area contributed by atoms with Gasteiger partial charge in [0, 0.05) is 47.8 Å². The van der Waals surface area contributed by atoms with Gasteiger partial charge in [0.15, 0.2) is 0 Å². The number of hydrogen-bond acceptors (Lipinski definition) is 4. The van der Waals surface area contributed by atoms with E-state index in [1.165, 1.54) is 62.7 Å². The molecule has 7 nitrogen and oxygen atoms in total. The maximum absolute atomic E-state index is 12.9. The molecule has 2 aliphatic carbocycles. The normalized spacial score (nSPS) is 20.4. The van der Waals surface area contributed by atoms with E-state index < -0.39 is 16.1 Å². The van der Waals surface area contributed by atoms with Gasteiger partial charge in [-0.05, 0) is 78.5 Å². The summed E-state index contributed by atoms with van der Waals surface area (Å²) in [6, 6.07) is 11.7. The minimum atomic E-state index is -3.87. The number of benzene rings is 2. The van der Waals surface area contributed by atoms with E-state index in [4.69, 9.17) is 4.74 Å². The lowest BCUT2D eigenvalue weighted by Gasteiger charge is -2.21. The van der Waals surface area contributed by atoms with Crippen LogP contribution in [0.25, 0.3) is 10.9 Å². The highest BCUT2D eigenvalue weighted by Gasteiger charge is 2.40. The first-order valence-corrected chi connectivity index (χ1v) is 15.1. The molecule has 2 aliphatic rings. The van der Waals surface area contributed by atoms with Gasteiger partial charge in [-0.3, -0.25) is 4.79 Å². The molecular formula is C28H34BrN3O4S. The number of methoxy groups -OCH3 is 1. The Morgan fingerprint density at radius 1 is 1.11 bits per heavy atom. The fourth-order valence-corrected chi connectivity index (χ4v) is 6.71. The van der Waals surface area contributed by atoms with Gasteiger partial charge in [-0.2, -0.15) is 12.7 Å². The maximum atomic E-state index is 12.9. The topological polar surface area (TPSA) is 80.6 Å². The molecule has 3 aromatic rings. The van der Waals surface area contributed by atoms with Gasteiger partial charge < -0.3 is 9.30 Å². The van der Waals surface area contributed by atoms with Crippen LogP contribution >= 0.6 is 15.9 Å². The summed E-state index contributed by atoms with van der Waals surface area (Å²) in [7, 11) is 0.615. The second-order valence-electron chi connectivity index (χ2n) is 10.5. The van der Waals surface area contributed by atoms with Crippen LogP contribution in [-0.4, -0.2) is 44.4 Å². The first-order valence-electron chi connectivity index (χ1n) is 12.9. The van der Waals surface area contributed by atoms with Crippen molar-refractivity contribution in [2.24, 2.45) is 5.92 Å². The van der Waals surface area contributed by atoms with Crippen molar-refractivity contribution in [2.75, 3.05) is 21.2 Å². The van der Waals surface area contributed by atoms with Crippen LogP contribution < -0.4 is 9.46 Å². The third-order valence-electron chi connectivity index (χ3n) is 7.88. The van der Waals surface area contributed by atoms with Gasteiger partial charge in [0.25, 0.3) is 5.91 Å². The number of carbonyl (C=O) groups excluding carboxylic acids is 1. The van der Waals surface area contributed by atoms with Gasteiger partial charge in [-0.15, -0.1) is 0 Å². The van der Waals surface area contributed by atoms with Crippen molar-refractivity contribution in [3.05, 3.63) is 63.8 Å². The zero-order valence-electron chi connectivity index (χ0n) is 21.5. The summed E-state index contributed by atoms with van der Waals surface area (Å²) in [5.41, 5.74) is 3.95. The second-order valence-corrected chi connectivity index (χ2v) is 13.3. The van der Waals surface area contributed by atoms with E-state index in [-0.39, 0.29) is 0 Å². The Morgan fingerprint density at radius 2 is 1.86 bits per heavy atom. The molecule has 1 aromatic heterocycles. The monoisotopic (exact) mass is 587 g/mol. The van der Waals surface area contributed by atoms with E-state index in [9.17, 15) is 13.2 Å². The van der Waals surface area contributed by atoms with E-state index in [0.29, 0.717) is 23.3 Å². The lowest BCUT2D eigenvalue weighted by Crippen LogP contribution is -2.39. The predicted molar refractivity (Wildman–Crippen MR) is 149 cm³/mol. The Kier molecular flexibility index (Phi) is 7.40. The van der Waals surface area contributed by atoms with Crippen molar-refractivity contribution in [2.45, 2.75) is 56.9 Å². The molecule has 5 rings (SSSR count). The van der Waals surface area contributed by atoms with E-state index in [2.05, 4.69) is 37.5 Å². The Balaban J connectivity index is 1.47. The molecule has 2 atom stereocenters. The number of nitrogens with zero attached hydrogens (tertiary/aromatic N) is 2. The van der Waals surface area contributed by atoms with Crippen molar-refractivity contribution in [3.63, 3.8) is 0 Å². The van der Waals surface area contributed by atoms with Crippen molar-refractivity contribution >= 4 is 42.9 Å². The van der Waals surface area contributed by atoms with Gasteiger partial charge in [0.05, 0.1) is 7.11 Å². The van der Waals surface area contributed by atoms with Gasteiger partial charge in [-0.25, -0.2) is 4.72 Å². The fourth-order valence-electron chi connectivity index (χ4n) is 5.63. The number of nitrogens with one attached hydrogen (secondary N) is 1. The molecule has 0 spiro atoms. The number of carbonyl (C=O) groups is 1. The summed E-state index contributed by atoms with van der Waals surface area (Å²) >= 11 is 3.71. The smallest absolute Gasteiger partial charge is 0.303 e. The van der Waals surface area contributed by atoms with Crippen molar-refractivity contribution in [1.82, 2.24) is 13.6 Å². The molecule has 198 valence electrons. The van der Waals surface area contributed by atoms with Crippen LogP contribution in [0.1, 0.15) is 71.8 Å². The predicted octanol–water partition coefficient (Wildman–Crippen LogP) is 5.80. The highest BCUT2D eigenvalue weighted by molar-refractivity contribution is 9.10. The summed E-state index contributed by atoms with van der Waals surface area (Å²) in [5.74, 6) is 1.68. The minimum Gasteiger partial charge on any atom is -0.497 e. The van der Waals surface area contributed by atoms with Crippen LogP contribution in [0.15, 0.2) is 47.1 Å². The number of halogens is 1. The zero-order chi connectivity index (χ0) is 26.3. The summed E-state index contributed by atoms with van der Waals surface area (Å²) < 4.78 is 36.4. The van der Waals surface area contributed by atoms with E-state index in [1.807, 2.05) is 24.3 Å². The first-order chi connectivity index (χ1) is 17.7. The lowest BCUT2D eigenvalue weighted by atomic mass is 9.84. The van der Waals surface area contributed by atoms with Crippen LogP contribution in [0.5, 0.6) is 5.75 Å². The maximum Gasteiger partial charge on any atom is 0.303 e. The van der Waals surface area contributed by atoms with Crippen LogP contribution in [0.2, 0.25) is 0 Å². The number of ether oxygens (including phenoxy) is 1. The van der Waals surface area contributed by atoms with Crippen molar-refractivity contribution < 1.29 is 17.9 Å². The highest BCUT2D eigenvalue weighted by Crippen LogP contribution is 2.52. The number of fused-ring (bicyclic) bond motifs is 1. The molecule has 2 fully saturated rings. The molecule has 9 heteroatoms. The summed E-state index contributed by atoms with van der Waals surface area (Å²) in [4.78, 5) is 12.9. The fraction of sp³-hybridized carbons (Fsp3) is 0.464. The standard InChI is InChI=1S/C28H34BrN3O4S/c1-31(2)37(34,35)30-28(33)19-9-11-22-25(18-7-5-4-6-8-18)17-32(27(22)14-19)16-20-13-23(20)24-15-21(36-3)10-12-26(24)29/h9-12,14-15,17-18,20,23H,4-8,13,16H2,1-3H3,(H,30,33)/t20?,23-/m1/s1. The summed E-state index contributed by atoms with van der Waals surface area (Å²) in [5, 5.41) is 1.17. The SMILES string of the molecule is COc1ccc(Br)c([C@@H]2CC2Cn2cc(C3CCCCC3)c3ccc(C(=O)NS(=O)(=O)N(C)C)cc32)c1. The molecule has 0 bridgehead atoms. The lowest BCUT2D eigenvalue weighted by molar-refractivity contribution is 0.0980. The number of amides is 1. The molecule has 2 saturated carbocycles. The Hall–Kier alpha value is -2.36. The van der Waals surface area contributed by atoms with Crippen LogP contribution in [0, 0.1) is 5.92 Å². The Morgan fingerprint density at radius 3 is 2.57 bits per heavy atom. The molecule has 37 heavy (non-hydrogen) atoms. The minimum absolute atomic E-state index is 0.343.